The molecule has 1 atom stereocenters. The van der Waals surface area contributed by atoms with E-state index in [1.165, 1.54) is 6.07 Å². The Kier molecular flexibility index (Phi) is 4.86. The van der Waals surface area contributed by atoms with Crippen molar-refractivity contribution in [2.75, 3.05) is 0 Å². The fourth-order valence-corrected chi connectivity index (χ4v) is 2.22. The van der Waals surface area contributed by atoms with Gasteiger partial charge in [0.2, 0.25) is 5.88 Å². The van der Waals surface area contributed by atoms with Gasteiger partial charge in [0.05, 0.1) is 6.04 Å². The highest BCUT2D eigenvalue weighted by molar-refractivity contribution is 5.30. The van der Waals surface area contributed by atoms with Gasteiger partial charge in [-0.2, -0.15) is 0 Å². The molecule has 0 radical (unpaired) electrons. The maximum Gasteiger partial charge on any atom is 0.219 e. The van der Waals surface area contributed by atoms with Gasteiger partial charge >= 0.3 is 0 Å². The third-order valence-electron chi connectivity index (χ3n) is 3.55. The summed E-state index contributed by atoms with van der Waals surface area (Å²) in [5, 5.41) is 7.35. The molecule has 0 aliphatic carbocycles. The van der Waals surface area contributed by atoms with Gasteiger partial charge in [-0.1, -0.05) is 17.3 Å². The van der Waals surface area contributed by atoms with E-state index in [4.69, 9.17) is 9.26 Å². The fraction of sp³-hybridized carbons (Fsp3) is 0.222. The number of hydrogen-bond donors (Lipinski definition) is 1. The number of hydrogen-bond acceptors (Lipinski definition) is 5. The minimum atomic E-state index is -0.419. The van der Waals surface area contributed by atoms with E-state index in [2.05, 4.69) is 15.5 Å². The smallest absolute Gasteiger partial charge is 0.219 e. The number of rotatable bonds is 6. The first-order valence-corrected chi connectivity index (χ1v) is 7.66. The number of nitrogens with zero attached hydrogens (tertiary/aromatic N) is 2. The van der Waals surface area contributed by atoms with Gasteiger partial charge in [0.15, 0.2) is 11.6 Å². The van der Waals surface area contributed by atoms with Crippen molar-refractivity contribution in [1.29, 1.82) is 0 Å². The Labute approximate surface area is 139 Å². The van der Waals surface area contributed by atoms with Crippen molar-refractivity contribution in [3.8, 4) is 11.6 Å². The second kappa shape index (κ2) is 7.23. The Morgan fingerprint density at radius 2 is 2.08 bits per heavy atom. The Bertz CT molecular complexity index is 819. The second-order valence-electron chi connectivity index (χ2n) is 5.50. The highest BCUT2D eigenvalue weighted by atomic mass is 19.1. The number of aromatic nitrogens is 2. The number of aryl methyl sites for hydroxylation is 1. The molecule has 0 amide bonds. The maximum absolute atomic E-state index is 13.6. The van der Waals surface area contributed by atoms with Crippen molar-refractivity contribution in [3.63, 3.8) is 0 Å². The van der Waals surface area contributed by atoms with E-state index in [9.17, 15) is 4.39 Å². The maximum atomic E-state index is 13.6. The van der Waals surface area contributed by atoms with Crippen LogP contribution in [0.25, 0.3) is 0 Å². The highest BCUT2D eigenvalue weighted by Gasteiger charge is 2.10. The van der Waals surface area contributed by atoms with E-state index in [1.807, 2.05) is 26.0 Å². The van der Waals surface area contributed by atoms with Gasteiger partial charge in [0.1, 0.15) is 11.5 Å². The zero-order chi connectivity index (χ0) is 16.9. The average Bonchev–Trinajstić information content (AvgIpc) is 3.02. The Balaban J connectivity index is 1.64. The number of nitrogens with one attached hydrogen (secondary N) is 1. The van der Waals surface area contributed by atoms with E-state index < -0.39 is 5.82 Å². The van der Waals surface area contributed by atoms with Crippen LogP contribution in [0.3, 0.4) is 0 Å². The predicted octanol–water partition coefficient (Wildman–Crippen LogP) is 4.16. The Morgan fingerprint density at radius 1 is 1.25 bits per heavy atom. The first kappa shape index (κ1) is 16.1. The molecule has 0 fully saturated rings. The zero-order valence-corrected chi connectivity index (χ0v) is 13.5. The molecule has 0 unspecified atom stereocenters. The summed E-state index contributed by atoms with van der Waals surface area (Å²) in [6.45, 7) is 4.47. The molecule has 124 valence electrons. The van der Waals surface area contributed by atoms with Crippen LogP contribution in [-0.4, -0.2) is 10.1 Å². The average molecular weight is 327 g/mol. The molecule has 2 aromatic heterocycles. The van der Waals surface area contributed by atoms with Gasteiger partial charge in [-0.05, 0) is 37.6 Å². The molecule has 0 saturated heterocycles. The summed E-state index contributed by atoms with van der Waals surface area (Å²) < 4.78 is 24.2. The lowest BCUT2D eigenvalue weighted by Crippen LogP contribution is -2.18. The molecule has 2 heterocycles. The molecule has 0 spiro atoms. The molecule has 0 aliphatic heterocycles. The van der Waals surface area contributed by atoms with Crippen molar-refractivity contribution in [2.45, 2.75) is 26.4 Å². The van der Waals surface area contributed by atoms with Crippen molar-refractivity contribution in [2.24, 2.45) is 0 Å². The molecule has 1 aromatic carbocycles. The van der Waals surface area contributed by atoms with Crippen molar-refractivity contribution in [3.05, 3.63) is 71.5 Å². The first-order valence-electron chi connectivity index (χ1n) is 7.66. The molecule has 1 N–H and O–H groups in total. The van der Waals surface area contributed by atoms with Crippen molar-refractivity contribution in [1.82, 2.24) is 15.5 Å². The summed E-state index contributed by atoms with van der Waals surface area (Å²) in [6, 6.07) is 11.8. The summed E-state index contributed by atoms with van der Waals surface area (Å²) in [4.78, 5) is 4.12. The molecule has 5 nitrogen and oxygen atoms in total. The van der Waals surface area contributed by atoms with Crippen LogP contribution in [0.2, 0.25) is 0 Å². The van der Waals surface area contributed by atoms with Crippen LogP contribution in [0.5, 0.6) is 11.6 Å². The first-order chi connectivity index (χ1) is 11.6. The number of para-hydroxylation sites is 1. The van der Waals surface area contributed by atoms with Crippen LogP contribution < -0.4 is 10.1 Å². The Hall–Kier alpha value is -2.73. The van der Waals surface area contributed by atoms with Gasteiger partial charge in [-0.15, -0.1) is 0 Å². The molecular formula is C18H18FN3O2. The van der Waals surface area contributed by atoms with E-state index in [1.54, 1.807) is 30.5 Å². The summed E-state index contributed by atoms with van der Waals surface area (Å²) in [7, 11) is 0. The summed E-state index contributed by atoms with van der Waals surface area (Å²) >= 11 is 0. The predicted molar refractivity (Wildman–Crippen MR) is 87.2 cm³/mol. The van der Waals surface area contributed by atoms with Gasteiger partial charge in [-0.3, -0.25) is 0 Å². The summed E-state index contributed by atoms with van der Waals surface area (Å²) in [6.07, 6.45) is 1.64. The van der Waals surface area contributed by atoms with Gasteiger partial charge < -0.3 is 14.6 Å². The lowest BCUT2D eigenvalue weighted by Gasteiger charge is -2.11. The van der Waals surface area contributed by atoms with Gasteiger partial charge in [-0.25, -0.2) is 9.37 Å². The van der Waals surface area contributed by atoms with E-state index in [-0.39, 0.29) is 11.8 Å². The van der Waals surface area contributed by atoms with Crippen molar-refractivity contribution >= 4 is 0 Å². The SMILES string of the molecule is Cc1cc([C@H](C)NCc2ccnc(Oc3ccccc3F)c2)no1. The molecule has 3 aromatic rings. The van der Waals surface area contributed by atoms with Crippen LogP contribution in [0.15, 0.2) is 53.2 Å². The largest absolute Gasteiger partial charge is 0.436 e. The molecule has 6 heteroatoms. The number of halogens is 1. The van der Waals surface area contributed by atoms with Gasteiger partial charge in [0.25, 0.3) is 0 Å². The highest BCUT2D eigenvalue weighted by Crippen LogP contribution is 2.23. The van der Waals surface area contributed by atoms with Crippen molar-refractivity contribution < 1.29 is 13.7 Å². The molecule has 0 aliphatic rings. The molecule has 3 rings (SSSR count). The van der Waals surface area contributed by atoms with Crippen LogP contribution >= 0.6 is 0 Å². The van der Waals surface area contributed by atoms with E-state index >= 15 is 0 Å². The van der Waals surface area contributed by atoms with E-state index in [0.29, 0.717) is 12.4 Å². The monoisotopic (exact) mass is 327 g/mol. The standard InChI is InChI=1S/C18H18FN3O2/c1-12-9-16(22-24-12)13(2)21-11-14-7-8-20-18(10-14)23-17-6-4-3-5-15(17)19/h3-10,13,21H,11H2,1-2H3/t13-/m0/s1. The lowest BCUT2D eigenvalue weighted by molar-refractivity contribution is 0.380. The normalized spacial score (nSPS) is 12.1. The number of pyridine rings is 1. The van der Waals surface area contributed by atoms with Crippen LogP contribution in [0, 0.1) is 12.7 Å². The molecule has 0 bridgehead atoms. The number of benzene rings is 1. The van der Waals surface area contributed by atoms with Crippen LogP contribution in [-0.2, 0) is 6.54 Å². The van der Waals surface area contributed by atoms with E-state index in [0.717, 1.165) is 17.0 Å². The molecule has 0 saturated carbocycles. The third-order valence-corrected chi connectivity index (χ3v) is 3.55. The zero-order valence-electron chi connectivity index (χ0n) is 13.5. The third kappa shape index (κ3) is 3.97. The Morgan fingerprint density at radius 3 is 2.83 bits per heavy atom. The quantitative estimate of drug-likeness (QED) is 0.736. The van der Waals surface area contributed by atoms with Crippen LogP contribution in [0.4, 0.5) is 4.39 Å². The summed E-state index contributed by atoms with van der Waals surface area (Å²) in [5.74, 6) is 0.867. The fourth-order valence-electron chi connectivity index (χ4n) is 2.22. The minimum Gasteiger partial charge on any atom is -0.436 e. The minimum absolute atomic E-state index is 0.0477. The lowest BCUT2D eigenvalue weighted by atomic mass is 10.2. The molecular weight excluding hydrogens is 309 g/mol. The van der Waals surface area contributed by atoms with Gasteiger partial charge in [0, 0.05) is 24.9 Å². The number of ether oxygens (including phenoxy) is 1. The topological polar surface area (TPSA) is 60.2 Å². The molecule has 24 heavy (non-hydrogen) atoms. The second-order valence-corrected chi connectivity index (χ2v) is 5.50. The summed E-state index contributed by atoms with van der Waals surface area (Å²) in [5.41, 5.74) is 1.83. The van der Waals surface area contributed by atoms with Crippen LogP contribution in [0.1, 0.15) is 30.0 Å².